The third kappa shape index (κ3) is 1.73. The molecule has 0 aliphatic heterocycles. The molecule has 80 valence electrons. The normalized spacial score (nSPS) is 16.8. The van der Waals surface area contributed by atoms with Crippen LogP contribution in [0.5, 0.6) is 0 Å². The maximum absolute atomic E-state index is 10.5. The average molecular weight is 261 g/mol. The monoisotopic (exact) mass is 260 g/mol. The molecule has 0 spiro atoms. The fourth-order valence-electron chi connectivity index (χ4n) is 1.31. The van der Waals surface area contributed by atoms with Gasteiger partial charge in [-0.15, -0.1) is 0 Å². The van der Waals surface area contributed by atoms with E-state index in [-0.39, 0.29) is 5.41 Å². The average Bonchev–Trinajstić information content (AvgIpc) is 2.28. The Balaban J connectivity index is 3.29. The molecule has 0 aliphatic carbocycles. The molecular weight excluding hydrogens is 244 g/mol. The van der Waals surface area contributed by atoms with E-state index in [4.69, 9.17) is 0 Å². The molecule has 0 saturated carbocycles. The molecule has 0 aliphatic rings. The summed E-state index contributed by atoms with van der Waals surface area (Å²) >= 11 is 3.40. The summed E-state index contributed by atoms with van der Waals surface area (Å²) in [5.74, 6) is 0. The Hall–Kier alpha value is -0.350. The van der Waals surface area contributed by atoms with Crippen LogP contribution in [-0.2, 0) is 12.6 Å². The quantitative estimate of drug-likeness (QED) is 0.843. The van der Waals surface area contributed by atoms with Crippen molar-refractivity contribution in [1.82, 2.24) is 9.78 Å². The predicted octanol–water partition coefficient (Wildman–Crippen LogP) is 2.44. The highest BCUT2D eigenvalue weighted by Gasteiger charge is 2.40. The van der Waals surface area contributed by atoms with Crippen LogP contribution in [-0.4, -0.2) is 14.9 Å². The lowest BCUT2D eigenvalue weighted by atomic mass is 9.76. The van der Waals surface area contributed by atoms with Crippen molar-refractivity contribution in [2.24, 2.45) is 12.5 Å². The standard InChI is InChI=1S/C10H17BrN2O/c1-9(2,3)10(4,14)8-7(11)6-12-13(8)5/h6,14H,1-5H3. The van der Waals surface area contributed by atoms with Gasteiger partial charge in [-0.05, 0) is 28.3 Å². The van der Waals surface area contributed by atoms with Crippen LogP contribution in [0.1, 0.15) is 33.4 Å². The third-order valence-corrected chi connectivity index (χ3v) is 3.40. The van der Waals surface area contributed by atoms with E-state index >= 15 is 0 Å². The summed E-state index contributed by atoms with van der Waals surface area (Å²) in [5, 5.41) is 14.6. The van der Waals surface area contributed by atoms with E-state index in [0.29, 0.717) is 0 Å². The van der Waals surface area contributed by atoms with Crippen molar-refractivity contribution in [2.45, 2.75) is 33.3 Å². The van der Waals surface area contributed by atoms with Crippen molar-refractivity contribution in [3.8, 4) is 0 Å². The molecule has 1 rings (SSSR count). The molecule has 1 unspecified atom stereocenters. The van der Waals surface area contributed by atoms with Gasteiger partial charge in [0.25, 0.3) is 0 Å². The smallest absolute Gasteiger partial charge is 0.109 e. The first-order valence-corrected chi connectivity index (χ1v) is 5.37. The first-order valence-electron chi connectivity index (χ1n) is 4.58. The van der Waals surface area contributed by atoms with Crippen molar-refractivity contribution in [3.63, 3.8) is 0 Å². The summed E-state index contributed by atoms with van der Waals surface area (Å²) in [6.45, 7) is 7.83. The number of aromatic nitrogens is 2. The van der Waals surface area contributed by atoms with E-state index in [2.05, 4.69) is 21.0 Å². The minimum Gasteiger partial charge on any atom is -0.383 e. The van der Waals surface area contributed by atoms with E-state index in [0.717, 1.165) is 10.2 Å². The van der Waals surface area contributed by atoms with Crippen LogP contribution in [0.25, 0.3) is 0 Å². The molecular formula is C10H17BrN2O. The molecule has 1 atom stereocenters. The van der Waals surface area contributed by atoms with E-state index < -0.39 is 5.60 Å². The Labute approximate surface area is 93.3 Å². The summed E-state index contributed by atoms with van der Waals surface area (Å²) in [5.41, 5.74) is -0.328. The molecule has 1 aromatic heterocycles. The maximum Gasteiger partial charge on any atom is 0.109 e. The van der Waals surface area contributed by atoms with Crippen molar-refractivity contribution >= 4 is 15.9 Å². The topological polar surface area (TPSA) is 38.0 Å². The summed E-state index contributed by atoms with van der Waals surface area (Å²) < 4.78 is 2.55. The molecule has 0 saturated heterocycles. The number of aryl methyl sites for hydroxylation is 1. The highest BCUT2D eigenvalue weighted by atomic mass is 79.9. The Morgan fingerprint density at radius 1 is 1.36 bits per heavy atom. The SMILES string of the molecule is Cn1ncc(Br)c1C(C)(O)C(C)(C)C. The van der Waals surface area contributed by atoms with Crippen molar-refractivity contribution in [2.75, 3.05) is 0 Å². The second-order valence-electron chi connectivity index (χ2n) is 4.79. The third-order valence-electron chi connectivity index (χ3n) is 2.82. The first kappa shape index (κ1) is 11.7. The molecule has 1 N–H and O–H groups in total. The molecule has 14 heavy (non-hydrogen) atoms. The molecule has 4 heteroatoms. The minimum absolute atomic E-state index is 0.233. The van der Waals surface area contributed by atoms with Crippen LogP contribution in [0.4, 0.5) is 0 Å². The molecule has 0 bridgehead atoms. The predicted molar refractivity (Wildman–Crippen MR) is 59.9 cm³/mol. The van der Waals surface area contributed by atoms with Gasteiger partial charge >= 0.3 is 0 Å². The number of halogens is 1. The zero-order valence-electron chi connectivity index (χ0n) is 9.30. The van der Waals surface area contributed by atoms with Crippen LogP contribution in [0.3, 0.4) is 0 Å². The van der Waals surface area contributed by atoms with Crippen LogP contribution in [0.2, 0.25) is 0 Å². The zero-order chi connectivity index (χ0) is 11.1. The van der Waals surface area contributed by atoms with Gasteiger partial charge in [0.05, 0.1) is 16.4 Å². The first-order chi connectivity index (χ1) is 6.18. The van der Waals surface area contributed by atoms with Gasteiger partial charge in [-0.25, -0.2) is 0 Å². The van der Waals surface area contributed by atoms with E-state index in [1.165, 1.54) is 0 Å². The van der Waals surface area contributed by atoms with E-state index in [1.54, 1.807) is 10.9 Å². The van der Waals surface area contributed by atoms with Gasteiger partial charge < -0.3 is 5.11 Å². The minimum atomic E-state index is -0.906. The van der Waals surface area contributed by atoms with E-state index in [9.17, 15) is 5.11 Å². The van der Waals surface area contributed by atoms with Gasteiger partial charge in [-0.1, -0.05) is 20.8 Å². The highest BCUT2D eigenvalue weighted by Crippen LogP contribution is 2.41. The molecule has 0 amide bonds. The fraction of sp³-hybridized carbons (Fsp3) is 0.700. The number of nitrogens with zero attached hydrogens (tertiary/aromatic N) is 2. The molecule has 0 radical (unpaired) electrons. The Kier molecular flexibility index (Phi) is 2.80. The summed E-state index contributed by atoms with van der Waals surface area (Å²) in [4.78, 5) is 0. The van der Waals surface area contributed by atoms with Crippen LogP contribution in [0.15, 0.2) is 10.7 Å². The van der Waals surface area contributed by atoms with Gasteiger partial charge in [0, 0.05) is 7.05 Å². The van der Waals surface area contributed by atoms with Crippen molar-refractivity contribution < 1.29 is 5.11 Å². The Bertz CT molecular complexity index is 317. The lowest BCUT2D eigenvalue weighted by molar-refractivity contribution is -0.0541. The van der Waals surface area contributed by atoms with Gasteiger partial charge in [0.2, 0.25) is 0 Å². The lowest BCUT2D eigenvalue weighted by Gasteiger charge is -2.37. The second kappa shape index (κ2) is 3.35. The van der Waals surface area contributed by atoms with Gasteiger partial charge in [0.15, 0.2) is 0 Å². The summed E-state index contributed by atoms with van der Waals surface area (Å²) in [6.07, 6.45) is 1.70. The fourth-order valence-corrected chi connectivity index (χ4v) is 2.05. The largest absolute Gasteiger partial charge is 0.383 e. The van der Waals surface area contributed by atoms with Crippen molar-refractivity contribution in [3.05, 3.63) is 16.4 Å². The van der Waals surface area contributed by atoms with Gasteiger partial charge in [-0.2, -0.15) is 5.10 Å². The lowest BCUT2D eigenvalue weighted by Crippen LogP contribution is -2.38. The number of hydrogen-bond acceptors (Lipinski definition) is 2. The number of hydrogen-bond donors (Lipinski definition) is 1. The number of rotatable bonds is 1. The van der Waals surface area contributed by atoms with Gasteiger partial charge in [-0.3, -0.25) is 4.68 Å². The molecule has 0 fully saturated rings. The van der Waals surface area contributed by atoms with Gasteiger partial charge in [0.1, 0.15) is 5.60 Å². The molecule has 3 nitrogen and oxygen atoms in total. The summed E-state index contributed by atoms with van der Waals surface area (Å²) in [6, 6.07) is 0. The second-order valence-corrected chi connectivity index (χ2v) is 5.64. The Morgan fingerprint density at radius 3 is 2.14 bits per heavy atom. The maximum atomic E-state index is 10.5. The van der Waals surface area contributed by atoms with E-state index in [1.807, 2.05) is 34.7 Å². The Morgan fingerprint density at radius 2 is 1.86 bits per heavy atom. The van der Waals surface area contributed by atoms with Crippen LogP contribution >= 0.6 is 15.9 Å². The molecule has 1 aromatic rings. The van der Waals surface area contributed by atoms with Crippen LogP contribution < -0.4 is 0 Å². The van der Waals surface area contributed by atoms with Crippen LogP contribution in [0, 0.1) is 5.41 Å². The highest BCUT2D eigenvalue weighted by molar-refractivity contribution is 9.10. The molecule has 0 aromatic carbocycles. The molecule has 1 heterocycles. The number of aliphatic hydroxyl groups is 1. The van der Waals surface area contributed by atoms with Crippen molar-refractivity contribution in [1.29, 1.82) is 0 Å². The summed E-state index contributed by atoms with van der Waals surface area (Å²) in [7, 11) is 1.83. The zero-order valence-corrected chi connectivity index (χ0v) is 10.9.